The molecule has 4 rings (SSSR count). The van der Waals surface area contributed by atoms with E-state index in [1.165, 1.54) is 13.0 Å². The predicted octanol–water partition coefficient (Wildman–Crippen LogP) is 5.13. The summed E-state index contributed by atoms with van der Waals surface area (Å²) >= 11 is 0. The van der Waals surface area contributed by atoms with Crippen molar-refractivity contribution in [2.45, 2.75) is 27.7 Å². The quantitative estimate of drug-likeness (QED) is 0.400. The van der Waals surface area contributed by atoms with E-state index < -0.39 is 0 Å². The van der Waals surface area contributed by atoms with E-state index >= 15 is 0 Å². The number of carbonyl (C=O) groups is 1. The third-order valence-corrected chi connectivity index (χ3v) is 4.70. The molecular weight excluding hydrogens is 352 g/mol. The molecule has 140 valence electrons. The summed E-state index contributed by atoms with van der Waals surface area (Å²) in [5.74, 6) is -0.0888. The number of nitrogens with one attached hydrogen (secondary N) is 1. The van der Waals surface area contributed by atoms with Gasteiger partial charge in [0.05, 0.1) is 22.1 Å². The van der Waals surface area contributed by atoms with E-state index in [9.17, 15) is 9.59 Å². The van der Waals surface area contributed by atoms with Crippen LogP contribution in [0, 0.1) is 13.8 Å². The Bertz CT molecular complexity index is 1390. The van der Waals surface area contributed by atoms with E-state index in [4.69, 9.17) is 0 Å². The second kappa shape index (κ2) is 6.56. The van der Waals surface area contributed by atoms with Crippen LogP contribution in [-0.4, -0.2) is 15.2 Å². The highest BCUT2D eigenvalue weighted by Crippen LogP contribution is 2.35. The van der Waals surface area contributed by atoms with Gasteiger partial charge in [-0.15, -0.1) is 5.11 Å². The fraction of sp³-hybridized carbons (Fsp3) is 0.182. The van der Waals surface area contributed by atoms with Gasteiger partial charge in [-0.2, -0.15) is 5.11 Å². The van der Waals surface area contributed by atoms with E-state index in [2.05, 4.69) is 15.2 Å². The Labute approximate surface area is 161 Å². The van der Waals surface area contributed by atoms with Crippen molar-refractivity contribution >= 4 is 38.9 Å². The number of fused-ring (bicyclic) bond motifs is 4. The Morgan fingerprint density at radius 2 is 1.86 bits per heavy atom. The van der Waals surface area contributed by atoms with E-state index in [0.717, 1.165) is 27.5 Å². The van der Waals surface area contributed by atoms with Crippen LogP contribution in [0.4, 0.5) is 5.69 Å². The zero-order chi connectivity index (χ0) is 20.0. The van der Waals surface area contributed by atoms with Crippen molar-refractivity contribution in [1.82, 2.24) is 9.38 Å². The van der Waals surface area contributed by atoms with Gasteiger partial charge < -0.3 is 4.98 Å². The average molecular weight is 372 g/mol. The minimum Gasteiger partial charge on any atom is -0.339 e. The highest BCUT2D eigenvalue weighted by atomic mass is 16.1. The first-order valence-corrected chi connectivity index (χ1v) is 9.04. The number of rotatable bonds is 3. The molecule has 0 spiro atoms. The number of nitrogens with zero attached hydrogens (tertiary/aromatic N) is 3. The van der Waals surface area contributed by atoms with Crippen LogP contribution in [0.1, 0.15) is 25.0 Å². The minimum atomic E-state index is -0.0984. The number of allylic oxidation sites excluding steroid dienone is 2. The van der Waals surface area contributed by atoms with Gasteiger partial charge in [0.2, 0.25) is 0 Å². The summed E-state index contributed by atoms with van der Waals surface area (Å²) in [6.45, 7) is 7.19. The molecule has 2 heterocycles. The number of azo groups is 1. The Morgan fingerprint density at radius 1 is 1.11 bits per heavy atom. The maximum absolute atomic E-state index is 13.3. The number of hydrogen-bond acceptors (Lipinski definition) is 4. The highest BCUT2D eigenvalue weighted by molar-refractivity contribution is 6.03. The van der Waals surface area contributed by atoms with Crippen LogP contribution in [0.5, 0.6) is 0 Å². The number of aromatic amines is 1. The number of para-hydroxylation sites is 1. The standard InChI is InChI=1S/C22H20N4O2/c1-12-9-13(2)20-17(10-12)19(25-24-14(3)11-15(4)27)21-23-18-8-6-5-7-16(18)22(28)26(20)21/h5-11,23H,1-4H3. The number of hydrogen-bond donors (Lipinski definition) is 1. The zero-order valence-electron chi connectivity index (χ0n) is 16.2. The normalized spacial score (nSPS) is 12.6. The summed E-state index contributed by atoms with van der Waals surface area (Å²) in [5, 5.41) is 10.1. The lowest BCUT2D eigenvalue weighted by molar-refractivity contribution is -0.112. The topological polar surface area (TPSA) is 79.1 Å². The second-order valence-corrected chi connectivity index (χ2v) is 7.08. The first-order chi connectivity index (χ1) is 13.4. The molecule has 2 aromatic heterocycles. The molecule has 0 amide bonds. The summed E-state index contributed by atoms with van der Waals surface area (Å²) in [6, 6.07) is 11.5. The molecule has 0 radical (unpaired) electrons. The molecule has 0 bridgehead atoms. The molecule has 1 N–H and O–H groups in total. The molecule has 2 aromatic carbocycles. The Hall–Kier alpha value is -3.54. The zero-order valence-corrected chi connectivity index (χ0v) is 16.2. The van der Waals surface area contributed by atoms with E-state index in [1.807, 2.05) is 50.2 Å². The first-order valence-electron chi connectivity index (χ1n) is 9.04. The smallest absolute Gasteiger partial charge is 0.266 e. The molecule has 4 aromatic rings. The van der Waals surface area contributed by atoms with Gasteiger partial charge in [-0.25, -0.2) is 0 Å². The van der Waals surface area contributed by atoms with Crippen molar-refractivity contribution in [3.63, 3.8) is 0 Å². The summed E-state index contributed by atoms with van der Waals surface area (Å²) in [5.41, 5.74) is 5.20. The van der Waals surface area contributed by atoms with Crippen LogP contribution < -0.4 is 5.56 Å². The van der Waals surface area contributed by atoms with E-state index in [0.29, 0.717) is 22.4 Å². The molecular formula is C22H20N4O2. The van der Waals surface area contributed by atoms with Gasteiger partial charge in [-0.1, -0.05) is 23.8 Å². The number of aromatic nitrogens is 2. The fourth-order valence-corrected chi connectivity index (χ4v) is 3.68. The SMILES string of the molecule is CC(=O)C=C(C)N=Nc1c2cc(C)cc(C)c2n2c(=O)c3ccccc3[nH]c12. The van der Waals surface area contributed by atoms with Gasteiger partial charge in [0.1, 0.15) is 11.3 Å². The fourth-order valence-electron chi connectivity index (χ4n) is 3.68. The molecule has 6 nitrogen and oxygen atoms in total. The van der Waals surface area contributed by atoms with Crippen LogP contribution in [0.25, 0.3) is 27.5 Å². The summed E-state index contributed by atoms with van der Waals surface area (Å²) in [4.78, 5) is 27.9. The van der Waals surface area contributed by atoms with Crippen molar-refractivity contribution in [2.24, 2.45) is 10.2 Å². The van der Waals surface area contributed by atoms with Gasteiger partial charge in [0.25, 0.3) is 5.56 Å². The van der Waals surface area contributed by atoms with Crippen LogP contribution in [0.2, 0.25) is 0 Å². The first kappa shape index (κ1) is 17.9. The summed E-state index contributed by atoms with van der Waals surface area (Å²) in [6.07, 6.45) is 1.43. The predicted molar refractivity (Wildman–Crippen MR) is 111 cm³/mol. The monoisotopic (exact) mass is 372 g/mol. The Morgan fingerprint density at radius 3 is 2.61 bits per heavy atom. The Kier molecular flexibility index (Phi) is 4.19. The molecule has 6 heteroatoms. The molecule has 0 aliphatic carbocycles. The van der Waals surface area contributed by atoms with Crippen molar-refractivity contribution in [2.75, 3.05) is 0 Å². The molecule has 0 atom stereocenters. The van der Waals surface area contributed by atoms with Crippen LogP contribution in [0.3, 0.4) is 0 Å². The lowest BCUT2D eigenvalue weighted by Gasteiger charge is -2.03. The van der Waals surface area contributed by atoms with Gasteiger partial charge in [-0.05, 0) is 51.5 Å². The van der Waals surface area contributed by atoms with Gasteiger partial charge >= 0.3 is 0 Å². The molecule has 0 saturated heterocycles. The molecule has 28 heavy (non-hydrogen) atoms. The maximum atomic E-state index is 13.3. The van der Waals surface area contributed by atoms with Gasteiger partial charge in [-0.3, -0.25) is 14.0 Å². The highest BCUT2D eigenvalue weighted by Gasteiger charge is 2.18. The largest absolute Gasteiger partial charge is 0.339 e. The number of ketones is 1. The molecule has 0 fully saturated rings. The van der Waals surface area contributed by atoms with E-state index in [-0.39, 0.29) is 11.3 Å². The molecule has 0 unspecified atom stereocenters. The van der Waals surface area contributed by atoms with Crippen LogP contribution in [0.15, 0.2) is 63.2 Å². The molecule has 0 aliphatic rings. The molecule has 0 aliphatic heterocycles. The minimum absolute atomic E-state index is 0.0888. The van der Waals surface area contributed by atoms with Gasteiger partial charge in [0.15, 0.2) is 5.78 Å². The van der Waals surface area contributed by atoms with Crippen molar-refractivity contribution in [1.29, 1.82) is 0 Å². The average Bonchev–Trinajstić information content (AvgIpc) is 2.93. The van der Waals surface area contributed by atoms with E-state index in [1.54, 1.807) is 11.3 Å². The van der Waals surface area contributed by atoms with Crippen molar-refractivity contribution < 1.29 is 4.79 Å². The lowest BCUT2D eigenvalue weighted by atomic mass is 10.1. The third kappa shape index (κ3) is 2.83. The maximum Gasteiger partial charge on any atom is 0.266 e. The van der Waals surface area contributed by atoms with Gasteiger partial charge in [0, 0.05) is 11.5 Å². The third-order valence-electron chi connectivity index (χ3n) is 4.70. The number of H-pyrrole nitrogens is 1. The van der Waals surface area contributed by atoms with Crippen molar-refractivity contribution in [3.8, 4) is 0 Å². The summed E-state index contributed by atoms with van der Waals surface area (Å²) < 4.78 is 1.67. The number of aryl methyl sites for hydroxylation is 2. The number of carbonyl (C=O) groups excluding carboxylic acids is 1. The molecule has 0 saturated carbocycles. The van der Waals surface area contributed by atoms with Crippen LogP contribution in [-0.2, 0) is 4.79 Å². The Balaban J connectivity index is 2.16. The van der Waals surface area contributed by atoms with Crippen LogP contribution >= 0.6 is 0 Å². The number of benzene rings is 2. The summed E-state index contributed by atoms with van der Waals surface area (Å²) in [7, 11) is 0. The van der Waals surface area contributed by atoms with Crippen molar-refractivity contribution in [3.05, 3.63) is 69.7 Å². The lowest BCUT2D eigenvalue weighted by Crippen LogP contribution is -2.14. The second-order valence-electron chi connectivity index (χ2n) is 7.08.